The van der Waals surface area contributed by atoms with Gasteiger partial charge in [-0.15, -0.1) is 0 Å². The van der Waals surface area contributed by atoms with Crippen LogP contribution in [-0.4, -0.2) is 83.9 Å². The highest BCUT2D eigenvalue weighted by Gasteiger charge is 2.27. The van der Waals surface area contributed by atoms with Gasteiger partial charge in [0.2, 0.25) is 0 Å². The Morgan fingerprint density at radius 1 is 1.03 bits per heavy atom. The number of fused-ring (bicyclic) bond motifs is 1. The summed E-state index contributed by atoms with van der Waals surface area (Å²) in [5, 5.41) is 0. The molecule has 36 heavy (non-hydrogen) atoms. The van der Waals surface area contributed by atoms with Crippen molar-refractivity contribution in [1.29, 1.82) is 0 Å². The first kappa shape index (κ1) is 26.7. The quantitative estimate of drug-likeness (QED) is 0.238. The topological polar surface area (TPSA) is 95.7 Å². The lowest BCUT2D eigenvalue weighted by Gasteiger charge is -2.30. The van der Waals surface area contributed by atoms with Crippen LogP contribution in [-0.2, 0) is 20.6 Å². The molecule has 2 aromatic carbocycles. The zero-order valence-electron chi connectivity index (χ0n) is 20.7. The Labute approximate surface area is 220 Å². The molecule has 0 saturated carbocycles. The van der Waals surface area contributed by atoms with E-state index in [0.29, 0.717) is 49.1 Å². The van der Waals surface area contributed by atoms with E-state index in [1.165, 1.54) is 0 Å². The first-order valence-corrected chi connectivity index (χ1v) is 13.0. The molecule has 0 unspecified atom stereocenters. The number of morpholine rings is 1. The molecule has 0 aromatic heterocycles. The number of hydrogen-bond acceptors (Lipinski definition) is 8. The highest BCUT2D eigenvalue weighted by atomic mass is 79.9. The van der Waals surface area contributed by atoms with E-state index in [-0.39, 0.29) is 12.7 Å². The van der Waals surface area contributed by atoms with Gasteiger partial charge in [0.15, 0.2) is 6.79 Å². The molecule has 0 radical (unpaired) electrons. The van der Waals surface area contributed by atoms with Crippen molar-refractivity contribution in [1.82, 2.24) is 4.90 Å². The van der Waals surface area contributed by atoms with Gasteiger partial charge >= 0.3 is 0 Å². The van der Waals surface area contributed by atoms with E-state index >= 15 is 0 Å². The van der Waals surface area contributed by atoms with Gasteiger partial charge in [0.05, 0.1) is 43.2 Å². The number of carbonyl (C=O) groups excluding carboxylic acids is 1. The number of benzene rings is 2. The molecule has 1 amide bonds. The summed E-state index contributed by atoms with van der Waals surface area (Å²) in [6.07, 6.45) is 1.65. The lowest BCUT2D eigenvalue weighted by Crippen LogP contribution is -2.37. The maximum atomic E-state index is 13.4. The second-order valence-electron chi connectivity index (χ2n) is 8.69. The first-order valence-electron chi connectivity index (χ1n) is 12.2. The van der Waals surface area contributed by atoms with E-state index in [4.69, 9.17) is 29.4 Å². The summed E-state index contributed by atoms with van der Waals surface area (Å²) in [4.78, 5) is 17.5. The van der Waals surface area contributed by atoms with E-state index < -0.39 is 0 Å². The van der Waals surface area contributed by atoms with Crippen molar-refractivity contribution in [2.75, 3.05) is 83.7 Å². The SMILES string of the molecule is COCCOCOc1ccc(N2CCc3cc(Br)c(OCCCN4CCOCC4)cc3C2=O)cc1N. The molecular weight excluding hydrogens is 530 g/mol. The van der Waals surface area contributed by atoms with Gasteiger partial charge < -0.3 is 34.3 Å². The average Bonchev–Trinajstić information content (AvgIpc) is 2.88. The summed E-state index contributed by atoms with van der Waals surface area (Å²) in [6.45, 7) is 6.64. The maximum Gasteiger partial charge on any atom is 0.258 e. The molecule has 2 aliphatic rings. The Morgan fingerprint density at radius 2 is 1.86 bits per heavy atom. The van der Waals surface area contributed by atoms with Crippen molar-refractivity contribution in [2.45, 2.75) is 12.8 Å². The Balaban J connectivity index is 1.36. The van der Waals surface area contributed by atoms with Crippen LogP contribution in [0.1, 0.15) is 22.3 Å². The summed E-state index contributed by atoms with van der Waals surface area (Å²) in [6, 6.07) is 9.20. The normalized spacial score (nSPS) is 16.2. The maximum absolute atomic E-state index is 13.4. The largest absolute Gasteiger partial charge is 0.492 e. The van der Waals surface area contributed by atoms with Crippen LogP contribution in [0.25, 0.3) is 0 Å². The third kappa shape index (κ3) is 6.89. The minimum absolute atomic E-state index is 0.0714. The van der Waals surface area contributed by atoms with Gasteiger partial charge in [0.25, 0.3) is 5.91 Å². The number of methoxy groups -OCH3 is 1. The number of nitrogens with zero attached hydrogens (tertiary/aromatic N) is 2. The van der Waals surface area contributed by atoms with E-state index in [0.717, 1.165) is 61.4 Å². The number of rotatable bonds is 12. The van der Waals surface area contributed by atoms with Crippen LogP contribution >= 0.6 is 15.9 Å². The van der Waals surface area contributed by atoms with Crippen molar-refractivity contribution in [3.8, 4) is 11.5 Å². The average molecular weight is 564 g/mol. The van der Waals surface area contributed by atoms with Gasteiger partial charge in [-0.05, 0) is 64.7 Å². The Morgan fingerprint density at radius 3 is 2.64 bits per heavy atom. The van der Waals surface area contributed by atoms with E-state index in [9.17, 15) is 4.79 Å². The van der Waals surface area contributed by atoms with E-state index in [2.05, 4.69) is 20.8 Å². The highest BCUT2D eigenvalue weighted by Crippen LogP contribution is 2.35. The third-order valence-corrected chi connectivity index (χ3v) is 6.87. The Kier molecular flexibility index (Phi) is 9.82. The van der Waals surface area contributed by atoms with Crippen molar-refractivity contribution in [3.63, 3.8) is 0 Å². The fourth-order valence-electron chi connectivity index (χ4n) is 4.27. The number of halogens is 1. The van der Waals surface area contributed by atoms with Crippen LogP contribution in [0.5, 0.6) is 11.5 Å². The zero-order valence-corrected chi connectivity index (χ0v) is 22.3. The summed E-state index contributed by atoms with van der Waals surface area (Å²) >= 11 is 3.61. The predicted octanol–water partition coefficient (Wildman–Crippen LogP) is 3.33. The van der Waals surface area contributed by atoms with Gasteiger partial charge in [-0.2, -0.15) is 0 Å². The summed E-state index contributed by atoms with van der Waals surface area (Å²) in [5.74, 6) is 1.12. The molecule has 9 nitrogen and oxygen atoms in total. The molecular formula is C26H34BrN3O6. The Bertz CT molecular complexity index is 1030. The molecule has 4 rings (SSSR count). The van der Waals surface area contributed by atoms with Crippen LogP contribution in [0.15, 0.2) is 34.8 Å². The van der Waals surface area contributed by atoms with Gasteiger partial charge in [0, 0.05) is 44.5 Å². The number of hydrogen-bond donors (Lipinski definition) is 1. The number of nitrogen functional groups attached to an aromatic ring is 1. The molecule has 2 aromatic rings. The molecule has 196 valence electrons. The smallest absolute Gasteiger partial charge is 0.258 e. The van der Waals surface area contributed by atoms with Crippen LogP contribution in [0.3, 0.4) is 0 Å². The van der Waals surface area contributed by atoms with Crippen LogP contribution < -0.4 is 20.1 Å². The molecule has 2 heterocycles. The molecule has 0 atom stereocenters. The lowest BCUT2D eigenvalue weighted by molar-refractivity contribution is -0.00813. The standard InChI is InChI=1S/C26H34BrN3O6/c1-32-13-14-34-18-36-24-4-3-20(16-23(24)28)30-7-5-19-15-22(27)25(17-21(19)26(30)31)35-10-2-6-29-8-11-33-12-9-29/h3-4,15-17H,2,5-14,18,28H2,1H3. The summed E-state index contributed by atoms with van der Waals surface area (Å²) < 4.78 is 28.2. The van der Waals surface area contributed by atoms with Crippen LogP contribution in [0.2, 0.25) is 0 Å². The minimum atomic E-state index is -0.0714. The molecule has 0 bridgehead atoms. The monoisotopic (exact) mass is 563 g/mol. The third-order valence-electron chi connectivity index (χ3n) is 6.25. The van der Waals surface area contributed by atoms with Crippen molar-refractivity contribution in [3.05, 3.63) is 45.9 Å². The molecule has 2 aliphatic heterocycles. The number of anilines is 2. The second kappa shape index (κ2) is 13.3. The number of ether oxygens (including phenoxy) is 5. The zero-order chi connectivity index (χ0) is 25.3. The van der Waals surface area contributed by atoms with Crippen LogP contribution in [0.4, 0.5) is 11.4 Å². The Hall–Kier alpha value is -2.37. The first-order chi connectivity index (χ1) is 17.6. The molecule has 10 heteroatoms. The number of amides is 1. The van der Waals surface area contributed by atoms with Crippen molar-refractivity contribution in [2.24, 2.45) is 0 Å². The predicted molar refractivity (Wildman–Crippen MR) is 141 cm³/mol. The minimum Gasteiger partial charge on any atom is -0.492 e. The lowest BCUT2D eigenvalue weighted by atomic mass is 9.98. The van der Waals surface area contributed by atoms with E-state index in [1.807, 2.05) is 18.2 Å². The molecule has 1 fully saturated rings. The summed E-state index contributed by atoms with van der Waals surface area (Å²) in [7, 11) is 1.61. The molecule has 0 aliphatic carbocycles. The second-order valence-corrected chi connectivity index (χ2v) is 9.54. The van der Waals surface area contributed by atoms with Crippen molar-refractivity contribution >= 4 is 33.2 Å². The number of nitrogens with two attached hydrogens (primary N) is 1. The molecule has 2 N–H and O–H groups in total. The van der Waals surface area contributed by atoms with Gasteiger partial charge in [-0.1, -0.05) is 0 Å². The van der Waals surface area contributed by atoms with Crippen molar-refractivity contribution < 1.29 is 28.5 Å². The fourth-order valence-corrected chi connectivity index (χ4v) is 4.78. The van der Waals surface area contributed by atoms with Gasteiger partial charge in [0.1, 0.15) is 11.5 Å². The highest BCUT2D eigenvalue weighted by molar-refractivity contribution is 9.10. The fraction of sp³-hybridized carbons (Fsp3) is 0.500. The molecule has 1 saturated heterocycles. The van der Waals surface area contributed by atoms with Crippen LogP contribution in [0, 0.1) is 0 Å². The summed E-state index contributed by atoms with van der Waals surface area (Å²) in [5.41, 5.74) is 9.02. The van der Waals surface area contributed by atoms with Gasteiger partial charge in [-0.3, -0.25) is 9.69 Å². The number of carbonyl (C=O) groups is 1. The van der Waals surface area contributed by atoms with Gasteiger partial charge in [-0.25, -0.2) is 0 Å². The molecule has 0 spiro atoms. The van der Waals surface area contributed by atoms with E-state index in [1.54, 1.807) is 24.1 Å².